The zero-order valence-corrected chi connectivity index (χ0v) is 18.6. The van der Waals surface area contributed by atoms with Gasteiger partial charge in [0, 0.05) is 12.8 Å². The number of ether oxygens (including phenoxy) is 3. The van der Waals surface area contributed by atoms with E-state index >= 15 is 0 Å². The van der Waals surface area contributed by atoms with Gasteiger partial charge in [-0.1, -0.05) is 5.16 Å². The maximum absolute atomic E-state index is 11.6. The highest BCUT2D eigenvalue weighted by Gasteiger charge is 2.41. The Bertz CT molecular complexity index is 827. The predicted molar refractivity (Wildman–Crippen MR) is 110 cm³/mol. The van der Waals surface area contributed by atoms with Crippen LogP contribution < -0.4 is 4.18 Å². The minimum atomic E-state index is -3.54. The smallest absolute Gasteiger partial charge is 0.366 e. The molecule has 1 aliphatic rings. The fourth-order valence-electron chi connectivity index (χ4n) is 2.83. The van der Waals surface area contributed by atoms with Gasteiger partial charge in [0.25, 0.3) is 5.79 Å². The Morgan fingerprint density at radius 3 is 2.40 bits per heavy atom. The fourth-order valence-corrected chi connectivity index (χ4v) is 3.30. The highest BCUT2D eigenvalue weighted by atomic mass is 32.2. The van der Waals surface area contributed by atoms with Crippen molar-refractivity contribution >= 4 is 21.8 Å². The minimum Gasteiger partial charge on any atom is -0.465 e. The first-order valence-electron chi connectivity index (χ1n) is 9.66. The molecule has 1 saturated heterocycles. The molecule has 1 fully saturated rings. The lowest BCUT2D eigenvalue weighted by Gasteiger charge is -2.35. The number of hydrogen-bond acceptors (Lipinski definition) is 9. The Kier molecular flexibility index (Phi) is 8.63. The first-order valence-corrected chi connectivity index (χ1v) is 11.5. The zero-order valence-electron chi connectivity index (χ0n) is 17.8. The van der Waals surface area contributed by atoms with Crippen molar-refractivity contribution in [3.8, 4) is 5.75 Å². The van der Waals surface area contributed by atoms with E-state index in [1.54, 1.807) is 38.1 Å². The van der Waals surface area contributed by atoms with Crippen LogP contribution in [0.3, 0.4) is 0 Å². The Morgan fingerprint density at radius 2 is 1.83 bits per heavy atom. The first kappa shape index (κ1) is 24.1. The van der Waals surface area contributed by atoms with Crippen molar-refractivity contribution in [1.29, 1.82) is 0 Å². The number of carbonyl (C=O) groups excluding carboxylic acids is 1. The average molecular weight is 444 g/mol. The molecular weight excluding hydrogens is 414 g/mol. The Balaban J connectivity index is 1.65. The molecule has 0 spiro atoms. The highest BCUT2D eigenvalue weighted by Crippen LogP contribution is 2.25. The Morgan fingerprint density at radius 1 is 1.20 bits per heavy atom. The van der Waals surface area contributed by atoms with E-state index in [1.165, 1.54) is 7.11 Å². The molecule has 9 nitrogen and oxygen atoms in total. The molecule has 0 unspecified atom stereocenters. The van der Waals surface area contributed by atoms with Crippen LogP contribution in [0.5, 0.6) is 5.75 Å². The van der Waals surface area contributed by atoms with Gasteiger partial charge in [-0.3, -0.25) is 0 Å². The van der Waals surface area contributed by atoms with Crippen LogP contribution in [0, 0.1) is 5.92 Å². The molecule has 0 bridgehead atoms. The summed E-state index contributed by atoms with van der Waals surface area (Å²) in [5.41, 5.74) is 1.48. The van der Waals surface area contributed by atoms with Crippen LogP contribution in [0.1, 0.15) is 38.7 Å². The zero-order chi connectivity index (χ0) is 22.2. The van der Waals surface area contributed by atoms with E-state index in [-0.39, 0.29) is 11.7 Å². The van der Waals surface area contributed by atoms with Crippen LogP contribution in [0.2, 0.25) is 0 Å². The third-order valence-corrected chi connectivity index (χ3v) is 5.06. The number of rotatable bonds is 10. The molecule has 0 aromatic heterocycles. The molecule has 0 radical (unpaired) electrons. The van der Waals surface area contributed by atoms with Crippen LogP contribution in [-0.2, 0) is 34.0 Å². The molecule has 0 N–H and O–H groups in total. The van der Waals surface area contributed by atoms with Gasteiger partial charge in [0.1, 0.15) is 12.4 Å². The number of nitrogens with zero attached hydrogens (tertiary/aromatic N) is 1. The van der Waals surface area contributed by atoms with Gasteiger partial charge in [-0.25, -0.2) is 4.79 Å². The van der Waals surface area contributed by atoms with E-state index in [1.807, 2.05) is 0 Å². The van der Waals surface area contributed by atoms with Crippen LogP contribution in [0.25, 0.3) is 0 Å². The second-order valence-corrected chi connectivity index (χ2v) is 8.82. The van der Waals surface area contributed by atoms with Gasteiger partial charge in [-0.05, 0) is 56.0 Å². The maximum atomic E-state index is 11.6. The van der Waals surface area contributed by atoms with E-state index in [2.05, 4.69) is 9.89 Å². The molecule has 168 valence electrons. The van der Waals surface area contributed by atoms with Gasteiger partial charge < -0.3 is 23.2 Å². The van der Waals surface area contributed by atoms with Gasteiger partial charge in [0.15, 0.2) is 0 Å². The first-order chi connectivity index (χ1) is 14.1. The Labute approximate surface area is 177 Å². The van der Waals surface area contributed by atoms with Gasteiger partial charge in [0.2, 0.25) is 0 Å². The molecule has 1 aliphatic heterocycles. The molecule has 0 aliphatic carbocycles. The van der Waals surface area contributed by atoms with E-state index in [0.29, 0.717) is 25.5 Å². The normalized spacial score (nSPS) is 22.4. The molecule has 30 heavy (non-hydrogen) atoms. The second kappa shape index (κ2) is 10.7. The highest BCUT2D eigenvalue weighted by molar-refractivity contribution is 7.86. The van der Waals surface area contributed by atoms with Gasteiger partial charge in [0.05, 0.1) is 32.3 Å². The monoisotopic (exact) mass is 443 g/mol. The largest absolute Gasteiger partial charge is 0.465 e. The van der Waals surface area contributed by atoms with Gasteiger partial charge in [-0.2, -0.15) is 8.42 Å². The van der Waals surface area contributed by atoms with Crippen LogP contribution >= 0.6 is 0 Å². The van der Waals surface area contributed by atoms with E-state index in [4.69, 9.17) is 18.5 Å². The summed E-state index contributed by atoms with van der Waals surface area (Å²) >= 11 is 0. The molecule has 0 saturated carbocycles. The number of esters is 1. The number of oxime groups is 1. The number of carbonyl (C=O) groups is 1. The van der Waals surface area contributed by atoms with Crippen molar-refractivity contribution in [1.82, 2.24) is 0 Å². The fraction of sp³-hybridized carbons (Fsp3) is 0.600. The van der Waals surface area contributed by atoms with Crippen molar-refractivity contribution in [2.75, 3.05) is 33.2 Å². The Hall–Kier alpha value is -2.17. The lowest BCUT2D eigenvalue weighted by molar-refractivity contribution is -0.272. The van der Waals surface area contributed by atoms with Crippen molar-refractivity contribution < 1.29 is 36.4 Å². The summed E-state index contributed by atoms with van der Waals surface area (Å²) in [6.07, 6.45) is 3.63. The summed E-state index contributed by atoms with van der Waals surface area (Å²) in [7, 11) is -2.24. The van der Waals surface area contributed by atoms with Crippen molar-refractivity contribution in [2.45, 2.75) is 38.9 Å². The third kappa shape index (κ3) is 7.58. The van der Waals surface area contributed by atoms with Crippen molar-refractivity contribution in [2.24, 2.45) is 11.1 Å². The van der Waals surface area contributed by atoms with Crippen LogP contribution in [0.4, 0.5) is 0 Å². The van der Waals surface area contributed by atoms with E-state index < -0.39 is 21.9 Å². The summed E-state index contributed by atoms with van der Waals surface area (Å²) in [6, 6.07) is 6.56. The molecule has 0 atom stereocenters. The predicted octanol–water partition coefficient (Wildman–Crippen LogP) is 2.49. The number of hydrogen-bond donors (Lipinski definition) is 0. The lowest BCUT2D eigenvalue weighted by Crippen LogP contribution is -2.48. The summed E-state index contributed by atoms with van der Waals surface area (Å²) in [5.74, 6) is -1.37. The van der Waals surface area contributed by atoms with Crippen molar-refractivity contribution in [3.05, 3.63) is 29.8 Å². The van der Waals surface area contributed by atoms with E-state index in [9.17, 15) is 13.2 Å². The number of benzene rings is 1. The molecule has 10 heteroatoms. The van der Waals surface area contributed by atoms with Crippen LogP contribution in [-0.4, -0.2) is 59.1 Å². The average Bonchev–Trinajstić information content (AvgIpc) is 2.70. The standard InChI is InChI=1S/C20H29NO8S/c1-15(17-8-10-18(11-9-17)29-30(4,23)24)21-28-12-6-5-7-16-13-26-20(2,27-14-16)19(22)25-3/h8-11,16H,5-7,12-14H2,1-4H3/b21-15-. The number of unbranched alkanes of at least 4 members (excludes halogenated alkanes) is 1. The van der Waals surface area contributed by atoms with E-state index in [0.717, 1.165) is 31.1 Å². The molecule has 1 heterocycles. The summed E-state index contributed by atoms with van der Waals surface area (Å²) in [4.78, 5) is 17.0. The summed E-state index contributed by atoms with van der Waals surface area (Å²) in [5, 5.41) is 4.09. The van der Waals surface area contributed by atoms with Gasteiger partial charge in [-0.15, -0.1) is 0 Å². The molecule has 1 aromatic rings. The second-order valence-electron chi connectivity index (χ2n) is 7.24. The SMILES string of the molecule is COC(=O)C1(C)OCC(CCCCO/N=C(/C)c2ccc(OS(C)(=O)=O)cc2)CO1. The molecule has 1 aromatic carbocycles. The van der Waals surface area contributed by atoms with Crippen LogP contribution in [0.15, 0.2) is 29.4 Å². The quantitative estimate of drug-likeness (QED) is 0.178. The summed E-state index contributed by atoms with van der Waals surface area (Å²) < 4.78 is 42.8. The summed E-state index contributed by atoms with van der Waals surface area (Å²) in [6.45, 7) is 4.74. The maximum Gasteiger partial charge on any atom is 0.366 e. The van der Waals surface area contributed by atoms with Gasteiger partial charge >= 0.3 is 16.1 Å². The van der Waals surface area contributed by atoms with Crippen molar-refractivity contribution in [3.63, 3.8) is 0 Å². The molecule has 0 amide bonds. The number of methoxy groups -OCH3 is 1. The lowest BCUT2D eigenvalue weighted by atomic mass is 10.0. The molecular formula is C20H29NO8S. The minimum absolute atomic E-state index is 0.223. The molecule has 2 rings (SSSR count). The third-order valence-electron chi connectivity index (χ3n) is 4.56. The topological polar surface area (TPSA) is 110 Å².